The number of hydrogen-bond acceptors (Lipinski definition) is 6. The van der Waals surface area contributed by atoms with Gasteiger partial charge in [-0.25, -0.2) is 8.42 Å². The summed E-state index contributed by atoms with van der Waals surface area (Å²) in [4.78, 5) is 24.9. The molecular weight excluding hydrogens is 420 g/mol. The Morgan fingerprint density at radius 1 is 0.903 bits per heavy atom. The number of carbonyl (C=O) groups is 2. The quantitative estimate of drug-likeness (QED) is 0.558. The van der Waals surface area contributed by atoms with Crippen molar-refractivity contribution < 1.29 is 27.9 Å². The maximum Gasteiger partial charge on any atom is 0.303 e. The zero-order chi connectivity index (χ0) is 22.3. The number of ether oxygens (including phenoxy) is 1. The van der Waals surface area contributed by atoms with Gasteiger partial charge in [-0.15, -0.1) is 0 Å². The number of carboxylic acids is 1. The maximum atomic E-state index is 12.7. The number of ketones is 1. The number of nitrogens with zero attached hydrogens (tertiary/aromatic N) is 2. The molecule has 1 N–H and O–H groups in total. The van der Waals surface area contributed by atoms with Gasteiger partial charge in [-0.05, 0) is 36.4 Å². The summed E-state index contributed by atoms with van der Waals surface area (Å²) in [5.74, 6) is -0.579. The first kappa shape index (κ1) is 22.9. The maximum absolute atomic E-state index is 12.7. The van der Waals surface area contributed by atoms with Crippen molar-refractivity contribution in [2.75, 3.05) is 39.3 Å². The summed E-state index contributed by atoms with van der Waals surface area (Å²) in [7, 11) is -3.45. The van der Waals surface area contributed by atoms with Crippen LogP contribution in [-0.4, -0.2) is 73.8 Å². The van der Waals surface area contributed by atoms with Gasteiger partial charge in [0.05, 0.1) is 11.3 Å². The molecule has 0 aliphatic carbocycles. The van der Waals surface area contributed by atoms with Gasteiger partial charge >= 0.3 is 5.97 Å². The van der Waals surface area contributed by atoms with E-state index in [2.05, 4.69) is 4.90 Å². The van der Waals surface area contributed by atoms with Gasteiger partial charge in [0, 0.05) is 44.7 Å². The van der Waals surface area contributed by atoms with E-state index < -0.39 is 16.0 Å². The average Bonchev–Trinajstić information content (AvgIpc) is 2.79. The minimum absolute atomic E-state index is 0.0263. The minimum Gasteiger partial charge on any atom is -0.492 e. The van der Waals surface area contributed by atoms with Crippen molar-refractivity contribution in [2.45, 2.75) is 17.7 Å². The monoisotopic (exact) mass is 446 g/mol. The van der Waals surface area contributed by atoms with Gasteiger partial charge in [0.15, 0.2) is 5.78 Å². The Labute approximate surface area is 182 Å². The number of aliphatic carboxylic acids is 1. The standard InChI is InChI=1S/C22H26N2O6S/c25-21(10-11-22(26)27)18-6-8-19(9-7-18)30-17-16-23-12-14-24(15-13-23)31(28,29)20-4-2-1-3-5-20/h1-9H,10-17H2,(H,26,27). The van der Waals surface area contributed by atoms with Gasteiger partial charge in [0.2, 0.25) is 10.0 Å². The summed E-state index contributed by atoms with van der Waals surface area (Å²) in [5, 5.41) is 8.66. The summed E-state index contributed by atoms with van der Waals surface area (Å²) in [6, 6.07) is 15.1. The van der Waals surface area contributed by atoms with E-state index in [4.69, 9.17) is 9.84 Å². The lowest BCUT2D eigenvalue weighted by Crippen LogP contribution is -2.49. The Morgan fingerprint density at radius 2 is 1.55 bits per heavy atom. The predicted molar refractivity (Wildman–Crippen MR) is 115 cm³/mol. The number of benzene rings is 2. The first-order valence-corrected chi connectivity index (χ1v) is 11.6. The van der Waals surface area contributed by atoms with E-state index in [9.17, 15) is 18.0 Å². The molecule has 31 heavy (non-hydrogen) atoms. The van der Waals surface area contributed by atoms with Gasteiger partial charge in [-0.1, -0.05) is 18.2 Å². The minimum atomic E-state index is -3.45. The van der Waals surface area contributed by atoms with E-state index in [1.54, 1.807) is 54.6 Å². The molecule has 0 unspecified atom stereocenters. The molecular formula is C22H26N2O6S. The topological polar surface area (TPSA) is 104 Å². The Balaban J connectivity index is 1.41. The normalized spacial score (nSPS) is 15.5. The highest BCUT2D eigenvalue weighted by Crippen LogP contribution is 2.18. The second-order valence-electron chi connectivity index (χ2n) is 7.25. The molecule has 2 aromatic rings. The van der Waals surface area contributed by atoms with E-state index >= 15 is 0 Å². The highest BCUT2D eigenvalue weighted by atomic mass is 32.2. The van der Waals surface area contributed by atoms with Crippen LogP contribution in [0.4, 0.5) is 0 Å². The van der Waals surface area contributed by atoms with Crippen LogP contribution in [0.25, 0.3) is 0 Å². The number of rotatable bonds is 10. The summed E-state index contributed by atoms with van der Waals surface area (Å²) in [6.07, 6.45) is -0.210. The summed E-state index contributed by atoms with van der Waals surface area (Å²) in [6.45, 7) is 3.24. The molecule has 1 fully saturated rings. The van der Waals surface area contributed by atoms with Crippen molar-refractivity contribution >= 4 is 21.8 Å². The van der Waals surface area contributed by atoms with Crippen molar-refractivity contribution in [3.63, 3.8) is 0 Å². The van der Waals surface area contributed by atoms with E-state index in [1.165, 1.54) is 4.31 Å². The molecule has 0 atom stereocenters. The van der Waals surface area contributed by atoms with Crippen molar-refractivity contribution in [1.29, 1.82) is 0 Å². The van der Waals surface area contributed by atoms with E-state index in [0.29, 0.717) is 55.5 Å². The first-order chi connectivity index (χ1) is 14.9. The van der Waals surface area contributed by atoms with Crippen LogP contribution in [0.5, 0.6) is 5.75 Å². The van der Waals surface area contributed by atoms with Crippen molar-refractivity contribution in [3.05, 3.63) is 60.2 Å². The van der Waals surface area contributed by atoms with Crippen molar-refractivity contribution in [2.24, 2.45) is 0 Å². The molecule has 8 nitrogen and oxygen atoms in total. The van der Waals surface area contributed by atoms with Crippen molar-refractivity contribution in [1.82, 2.24) is 9.21 Å². The lowest BCUT2D eigenvalue weighted by atomic mass is 10.1. The second kappa shape index (κ2) is 10.5. The Kier molecular flexibility index (Phi) is 7.78. The molecule has 0 spiro atoms. The van der Waals surface area contributed by atoms with Crippen LogP contribution in [0.1, 0.15) is 23.2 Å². The second-order valence-corrected chi connectivity index (χ2v) is 9.19. The molecule has 9 heteroatoms. The van der Waals surface area contributed by atoms with E-state index in [1.807, 2.05) is 0 Å². The number of piperazine rings is 1. The number of sulfonamides is 1. The number of carbonyl (C=O) groups excluding carboxylic acids is 1. The van der Waals surface area contributed by atoms with Crippen molar-refractivity contribution in [3.8, 4) is 5.75 Å². The smallest absolute Gasteiger partial charge is 0.303 e. The average molecular weight is 447 g/mol. The lowest BCUT2D eigenvalue weighted by molar-refractivity contribution is -0.136. The summed E-state index contributed by atoms with van der Waals surface area (Å²) < 4.78 is 32.6. The zero-order valence-corrected chi connectivity index (χ0v) is 18.0. The molecule has 1 heterocycles. The highest BCUT2D eigenvalue weighted by Gasteiger charge is 2.28. The van der Waals surface area contributed by atoms with E-state index in [0.717, 1.165) is 0 Å². The molecule has 0 radical (unpaired) electrons. The Hall–Kier alpha value is -2.75. The van der Waals surface area contributed by atoms with Crippen LogP contribution < -0.4 is 4.74 Å². The van der Waals surface area contributed by atoms with Crippen LogP contribution in [0.15, 0.2) is 59.5 Å². The van der Waals surface area contributed by atoms with E-state index in [-0.39, 0.29) is 18.6 Å². The number of carboxylic acid groups (broad SMARTS) is 1. The molecule has 2 aromatic carbocycles. The molecule has 0 saturated carbocycles. The molecule has 3 rings (SSSR count). The fourth-order valence-electron chi connectivity index (χ4n) is 3.33. The summed E-state index contributed by atoms with van der Waals surface area (Å²) >= 11 is 0. The van der Waals surface area contributed by atoms with Crippen LogP contribution in [0.3, 0.4) is 0 Å². The third kappa shape index (κ3) is 6.36. The van der Waals surface area contributed by atoms with Gasteiger partial charge < -0.3 is 9.84 Å². The lowest BCUT2D eigenvalue weighted by Gasteiger charge is -2.33. The highest BCUT2D eigenvalue weighted by molar-refractivity contribution is 7.89. The number of Topliss-reactive ketones (excluding diaryl/α,β-unsaturated/α-hetero) is 1. The molecule has 1 aliphatic heterocycles. The zero-order valence-electron chi connectivity index (χ0n) is 17.1. The third-order valence-corrected chi connectivity index (χ3v) is 7.04. The summed E-state index contributed by atoms with van der Waals surface area (Å²) in [5.41, 5.74) is 0.462. The van der Waals surface area contributed by atoms with Gasteiger partial charge in [0.25, 0.3) is 0 Å². The molecule has 1 aliphatic rings. The predicted octanol–water partition coefficient (Wildman–Crippen LogP) is 2.12. The van der Waals surface area contributed by atoms with Crippen LogP contribution in [-0.2, 0) is 14.8 Å². The molecule has 1 saturated heterocycles. The van der Waals surface area contributed by atoms with Crippen LogP contribution >= 0.6 is 0 Å². The molecule has 0 amide bonds. The Morgan fingerprint density at radius 3 is 2.16 bits per heavy atom. The van der Waals surface area contributed by atoms with Gasteiger partial charge in [-0.2, -0.15) is 4.31 Å². The fourth-order valence-corrected chi connectivity index (χ4v) is 4.77. The third-order valence-electron chi connectivity index (χ3n) is 5.13. The fraction of sp³-hybridized carbons (Fsp3) is 0.364. The molecule has 166 valence electrons. The van der Waals surface area contributed by atoms with Crippen LogP contribution in [0, 0.1) is 0 Å². The van der Waals surface area contributed by atoms with Gasteiger partial charge in [-0.3, -0.25) is 14.5 Å². The van der Waals surface area contributed by atoms with Crippen LogP contribution in [0.2, 0.25) is 0 Å². The van der Waals surface area contributed by atoms with Gasteiger partial charge in [0.1, 0.15) is 12.4 Å². The SMILES string of the molecule is O=C(O)CCC(=O)c1ccc(OCCN2CCN(S(=O)(=O)c3ccccc3)CC2)cc1. The molecule has 0 aromatic heterocycles. The molecule has 0 bridgehead atoms. The first-order valence-electron chi connectivity index (χ1n) is 10.1. The Bertz CT molecular complexity index is 984. The number of hydrogen-bond donors (Lipinski definition) is 1. The largest absolute Gasteiger partial charge is 0.492 e.